The zero-order valence-corrected chi connectivity index (χ0v) is 12.5. The Kier molecular flexibility index (Phi) is 5.85. The Labute approximate surface area is 129 Å². The van der Waals surface area contributed by atoms with Gasteiger partial charge in [0.25, 0.3) is 0 Å². The molecule has 1 heterocycles. The molecule has 0 saturated carbocycles. The lowest BCUT2D eigenvalue weighted by Gasteiger charge is -2.12. The first kappa shape index (κ1) is 15.9. The second-order valence-electron chi connectivity index (χ2n) is 4.98. The molecule has 0 aliphatic rings. The Balaban J connectivity index is 1.68. The van der Waals surface area contributed by atoms with Gasteiger partial charge in [0.15, 0.2) is 0 Å². The molecule has 0 radical (unpaired) electrons. The highest BCUT2D eigenvalue weighted by atomic mass is 16.3. The molecule has 2 aromatic rings. The predicted octanol–water partition coefficient (Wildman–Crippen LogP) is 1.44. The summed E-state index contributed by atoms with van der Waals surface area (Å²) in [5.41, 5.74) is 1.93. The number of amides is 1. The van der Waals surface area contributed by atoms with Gasteiger partial charge in [-0.1, -0.05) is 29.8 Å². The molecular formula is C16H20N4O2. The van der Waals surface area contributed by atoms with Crippen LogP contribution in [0.1, 0.15) is 23.7 Å². The molecule has 22 heavy (non-hydrogen) atoms. The largest absolute Gasteiger partial charge is 0.387 e. The number of rotatable bonds is 7. The maximum Gasteiger partial charge on any atom is 0.222 e. The summed E-state index contributed by atoms with van der Waals surface area (Å²) >= 11 is 0. The predicted molar refractivity (Wildman–Crippen MR) is 84.3 cm³/mol. The minimum atomic E-state index is -0.699. The molecule has 0 bridgehead atoms. The van der Waals surface area contributed by atoms with E-state index in [1.807, 2.05) is 31.2 Å². The van der Waals surface area contributed by atoms with Crippen LogP contribution in [0.5, 0.6) is 0 Å². The van der Waals surface area contributed by atoms with Crippen molar-refractivity contribution in [3.63, 3.8) is 0 Å². The molecule has 0 spiro atoms. The summed E-state index contributed by atoms with van der Waals surface area (Å²) in [6, 6.07) is 9.32. The Morgan fingerprint density at radius 3 is 2.59 bits per heavy atom. The average molecular weight is 300 g/mol. The normalized spacial score (nSPS) is 11.7. The number of anilines is 1. The second kappa shape index (κ2) is 8.09. The average Bonchev–Trinajstić information content (AvgIpc) is 2.54. The highest BCUT2D eigenvalue weighted by Crippen LogP contribution is 2.12. The fourth-order valence-corrected chi connectivity index (χ4v) is 1.88. The number of nitrogens with zero attached hydrogens (tertiary/aromatic N) is 2. The Morgan fingerprint density at radius 1 is 1.23 bits per heavy atom. The fraction of sp³-hybridized carbons (Fsp3) is 0.312. The van der Waals surface area contributed by atoms with Crippen LogP contribution in [-0.4, -0.2) is 34.1 Å². The van der Waals surface area contributed by atoms with Gasteiger partial charge in [0, 0.05) is 31.9 Å². The Bertz CT molecular complexity index is 587. The molecule has 1 atom stereocenters. The molecule has 0 aliphatic carbocycles. The number of aliphatic hydroxyl groups is 1. The third-order valence-corrected chi connectivity index (χ3v) is 3.16. The molecule has 1 aromatic heterocycles. The standard InChI is InChI=1S/C16H20N4O2/c1-12-3-5-13(6-4-12)14(21)11-20-15(22)7-10-19-16-17-8-2-9-18-16/h2-6,8-9,14,21H,7,10-11H2,1H3,(H,20,22)(H,17,18,19)/t14-/m0/s1. The van der Waals surface area contributed by atoms with Gasteiger partial charge in [0.05, 0.1) is 6.10 Å². The summed E-state index contributed by atoms with van der Waals surface area (Å²) in [4.78, 5) is 19.7. The number of hydrogen-bond donors (Lipinski definition) is 3. The summed E-state index contributed by atoms with van der Waals surface area (Å²) in [5.74, 6) is 0.365. The molecule has 2 rings (SSSR count). The molecule has 1 amide bonds. The smallest absolute Gasteiger partial charge is 0.222 e. The Hall–Kier alpha value is -2.47. The molecule has 0 unspecified atom stereocenters. The van der Waals surface area contributed by atoms with E-state index >= 15 is 0 Å². The summed E-state index contributed by atoms with van der Waals surface area (Å²) in [7, 11) is 0. The van der Waals surface area contributed by atoms with Crippen LogP contribution in [0.2, 0.25) is 0 Å². The number of aliphatic hydroxyl groups excluding tert-OH is 1. The highest BCUT2D eigenvalue weighted by molar-refractivity contribution is 5.76. The van der Waals surface area contributed by atoms with Crippen LogP contribution in [0.15, 0.2) is 42.7 Å². The van der Waals surface area contributed by atoms with Crippen molar-refractivity contribution >= 4 is 11.9 Å². The van der Waals surface area contributed by atoms with Crippen molar-refractivity contribution in [1.82, 2.24) is 15.3 Å². The van der Waals surface area contributed by atoms with E-state index in [0.29, 0.717) is 18.9 Å². The second-order valence-corrected chi connectivity index (χ2v) is 4.98. The summed E-state index contributed by atoms with van der Waals surface area (Å²) in [5, 5.41) is 15.7. The van der Waals surface area contributed by atoms with Crippen molar-refractivity contribution in [2.45, 2.75) is 19.4 Å². The maximum atomic E-state index is 11.7. The molecule has 0 fully saturated rings. The van der Waals surface area contributed by atoms with Gasteiger partial charge in [-0.15, -0.1) is 0 Å². The lowest BCUT2D eigenvalue weighted by atomic mass is 10.1. The van der Waals surface area contributed by atoms with E-state index in [1.165, 1.54) is 0 Å². The number of aromatic nitrogens is 2. The van der Waals surface area contributed by atoms with E-state index in [2.05, 4.69) is 20.6 Å². The molecular weight excluding hydrogens is 280 g/mol. The molecule has 6 nitrogen and oxygen atoms in total. The van der Waals surface area contributed by atoms with Gasteiger partial charge in [0.1, 0.15) is 0 Å². The lowest BCUT2D eigenvalue weighted by molar-refractivity contribution is -0.121. The van der Waals surface area contributed by atoms with E-state index in [1.54, 1.807) is 18.5 Å². The van der Waals surface area contributed by atoms with Crippen molar-refractivity contribution in [2.75, 3.05) is 18.4 Å². The van der Waals surface area contributed by atoms with Gasteiger partial charge in [-0.2, -0.15) is 0 Å². The summed E-state index contributed by atoms with van der Waals surface area (Å²) in [6.45, 7) is 2.63. The molecule has 6 heteroatoms. The SMILES string of the molecule is Cc1ccc([C@@H](O)CNC(=O)CCNc2ncccn2)cc1. The van der Waals surface area contributed by atoms with Crippen LogP contribution in [0.3, 0.4) is 0 Å². The van der Waals surface area contributed by atoms with Gasteiger partial charge in [-0.25, -0.2) is 9.97 Å². The zero-order chi connectivity index (χ0) is 15.8. The van der Waals surface area contributed by atoms with Crippen molar-refractivity contribution in [3.8, 4) is 0 Å². The first-order valence-corrected chi connectivity index (χ1v) is 7.17. The third-order valence-electron chi connectivity index (χ3n) is 3.16. The molecule has 0 saturated heterocycles. The van der Waals surface area contributed by atoms with Gasteiger partial charge >= 0.3 is 0 Å². The van der Waals surface area contributed by atoms with Crippen molar-refractivity contribution in [2.24, 2.45) is 0 Å². The topological polar surface area (TPSA) is 87.1 Å². The molecule has 0 aliphatic heterocycles. The van der Waals surface area contributed by atoms with Crippen LogP contribution in [-0.2, 0) is 4.79 Å². The maximum absolute atomic E-state index is 11.7. The first-order valence-electron chi connectivity index (χ1n) is 7.17. The number of benzene rings is 1. The summed E-state index contributed by atoms with van der Waals surface area (Å²) < 4.78 is 0. The minimum absolute atomic E-state index is 0.130. The molecule has 1 aromatic carbocycles. The quantitative estimate of drug-likeness (QED) is 0.720. The van der Waals surface area contributed by atoms with Crippen LogP contribution in [0.25, 0.3) is 0 Å². The fourth-order valence-electron chi connectivity index (χ4n) is 1.88. The molecule has 3 N–H and O–H groups in total. The zero-order valence-electron chi connectivity index (χ0n) is 12.5. The Morgan fingerprint density at radius 2 is 1.91 bits per heavy atom. The first-order chi connectivity index (χ1) is 10.6. The van der Waals surface area contributed by atoms with Gasteiger partial charge in [-0.3, -0.25) is 4.79 Å². The van der Waals surface area contributed by atoms with Gasteiger partial charge in [0.2, 0.25) is 11.9 Å². The van der Waals surface area contributed by atoms with E-state index in [-0.39, 0.29) is 12.5 Å². The molecule has 116 valence electrons. The number of carbonyl (C=O) groups excluding carboxylic acids is 1. The third kappa shape index (κ3) is 5.14. The number of carbonyl (C=O) groups is 1. The van der Waals surface area contributed by atoms with Crippen LogP contribution < -0.4 is 10.6 Å². The van der Waals surface area contributed by atoms with E-state index < -0.39 is 6.10 Å². The van der Waals surface area contributed by atoms with Crippen LogP contribution in [0, 0.1) is 6.92 Å². The lowest BCUT2D eigenvalue weighted by Crippen LogP contribution is -2.29. The van der Waals surface area contributed by atoms with E-state index in [4.69, 9.17) is 0 Å². The van der Waals surface area contributed by atoms with Gasteiger partial charge in [-0.05, 0) is 18.6 Å². The van der Waals surface area contributed by atoms with Crippen LogP contribution >= 0.6 is 0 Å². The number of aryl methyl sites for hydroxylation is 1. The van der Waals surface area contributed by atoms with E-state index in [0.717, 1.165) is 11.1 Å². The summed E-state index contributed by atoms with van der Waals surface area (Å²) in [6.07, 6.45) is 2.86. The van der Waals surface area contributed by atoms with Crippen molar-refractivity contribution in [1.29, 1.82) is 0 Å². The van der Waals surface area contributed by atoms with Gasteiger partial charge < -0.3 is 15.7 Å². The highest BCUT2D eigenvalue weighted by Gasteiger charge is 2.09. The van der Waals surface area contributed by atoms with E-state index in [9.17, 15) is 9.90 Å². The van der Waals surface area contributed by atoms with Crippen molar-refractivity contribution < 1.29 is 9.90 Å². The number of hydrogen-bond acceptors (Lipinski definition) is 5. The monoisotopic (exact) mass is 300 g/mol. The van der Waals surface area contributed by atoms with Crippen LogP contribution in [0.4, 0.5) is 5.95 Å². The minimum Gasteiger partial charge on any atom is -0.387 e. The van der Waals surface area contributed by atoms with Crippen molar-refractivity contribution in [3.05, 3.63) is 53.9 Å². The number of nitrogens with one attached hydrogen (secondary N) is 2.